The van der Waals surface area contributed by atoms with Gasteiger partial charge in [0.05, 0.1) is 39.6 Å². The molecule has 1 rings (SSSR count). The van der Waals surface area contributed by atoms with Crippen molar-refractivity contribution in [2.75, 3.05) is 52.9 Å². The van der Waals surface area contributed by atoms with Crippen molar-refractivity contribution in [3.8, 4) is 0 Å². The highest BCUT2D eigenvalue weighted by atomic mass is 16.5. The van der Waals surface area contributed by atoms with Crippen molar-refractivity contribution in [2.45, 2.75) is 26.8 Å². The van der Waals surface area contributed by atoms with E-state index in [4.69, 9.17) is 18.9 Å². The van der Waals surface area contributed by atoms with Crippen LogP contribution in [0.25, 0.3) is 0 Å². The van der Waals surface area contributed by atoms with Gasteiger partial charge < -0.3 is 23.5 Å². The van der Waals surface area contributed by atoms with Crippen molar-refractivity contribution in [1.82, 2.24) is 4.57 Å². The van der Waals surface area contributed by atoms with Gasteiger partial charge in [0, 0.05) is 32.2 Å². The Morgan fingerprint density at radius 2 is 1.43 bits per heavy atom. The molecule has 0 unspecified atom stereocenters. The molecule has 0 atom stereocenters. The van der Waals surface area contributed by atoms with Gasteiger partial charge in [0.15, 0.2) is 0 Å². The maximum absolute atomic E-state index is 5.51. The Morgan fingerprint density at radius 3 is 2.10 bits per heavy atom. The van der Waals surface area contributed by atoms with Crippen molar-refractivity contribution in [2.24, 2.45) is 0 Å². The van der Waals surface area contributed by atoms with E-state index in [-0.39, 0.29) is 0 Å². The smallest absolute Gasteiger partial charge is 0.0701 e. The molecule has 0 aliphatic heterocycles. The molecule has 5 heteroatoms. The van der Waals surface area contributed by atoms with Crippen LogP contribution in [0, 0.1) is 0 Å². The summed E-state index contributed by atoms with van der Waals surface area (Å²) in [6.07, 6.45) is 5.17. The normalized spacial score (nSPS) is 11.1. The lowest BCUT2D eigenvalue weighted by atomic mass is 10.2. The zero-order valence-corrected chi connectivity index (χ0v) is 13.4. The fourth-order valence-corrected chi connectivity index (χ4v) is 1.87. The summed E-state index contributed by atoms with van der Waals surface area (Å²) in [6, 6.07) is 2.13. The van der Waals surface area contributed by atoms with Gasteiger partial charge in [-0.25, -0.2) is 0 Å². The van der Waals surface area contributed by atoms with Crippen LogP contribution in [0.4, 0.5) is 0 Å². The lowest BCUT2D eigenvalue weighted by Gasteiger charge is -2.05. The second kappa shape index (κ2) is 12.8. The highest BCUT2D eigenvalue weighted by Crippen LogP contribution is 2.03. The standard InChI is InChI=1S/C16H29NO4/c1-3-18-11-13-20-9-6-16-5-7-17(15-16)8-10-21-14-12-19-4-2/h5,7,15H,3-4,6,8-14H2,1-2H3. The average Bonchev–Trinajstić information content (AvgIpc) is 2.94. The molecule has 0 aromatic carbocycles. The maximum atomic E-state index is 5.51. The molecule has 0 bridgehead atoms. The molecule has 1 heterocycles. The van der Waals surface area contributed by atoms with E-state index < -0.39 is 0 Å². The van der Waals surface area contributed by atoms with E-state index in [1.54, 1.807) is 0 Å². The lowest BCUT2D eigenvalue weighted by molar-refractivity contribution is 0.0497. The van der Waals surface area contributed by atoms with E-state index >= 15 is 0 Å². The largest absolute Gasteiger partial charge is 0.379 e. The van der Waals surface area contributed by atoms with Crippen LogP contribution in [-0.4, -0.2) is 57.4 Å². The number of nitrogens with zero attached hydrogens (tertiary/aromatic N) is 1. The van der Waals surface area contributed by atoms with Gasteiger partial charge in [0.2, 0.25) is 0 Å². The van der Waals surface area contributed by atoms with E-state index in [9.17, 15) is 0 Å². The number of hydrogen-bond donors (Lipinski definition) is 0. The maximum Gasteiger partial charge on any atom is 0.0701 e. The van der Waals surface area contributed by atoms with Crippen LogP contribution in [0.5, 0.6) is 0 Å². The first-order valence-corrected chi connectivity index (χ1v) is 7.82. The quantitative estimate of drug-likeness (QED) is 0.494. The van der Waals surface area contributed by atoms with Gasteiger partial charge in [-0.2, -0.15) is 0 Å². The topological polar surface area (TPSA) is 41.9 Å². The van der Waals surface area contributed by atoms with E-state index in [1.807, 2.05) is 13.8 Å². The van der Waals surface area contributed by atoms with Crippen LogP contribution in [0.15, 0.2) is 18.5 Å². The van der Waals surface area contributed by atoms with E-state index in [0.29, 0.717) is 33.0 Å². The first-order chi connectivity index (χ1) is 10.4. The Hall–Kier alpha value is -0.880. The van der Waals surface area contributed by atoms with Gasteiger partial charge >= 0.3 is 0 Å². The Labute approximate surface area is 128 Å². The molecule has 122 valence electrons. The minimum atomic E-state index is 0.662. The van der Waals surface area contributed by atoms with Crippen molar-refractivity contribution in [1.29, 1.82) is 0 Å². The molecular weight excluding hydrogens is 270 g/mol. The van der Waals surface area contributed by atoms with Crippen LogP contribution in [-0.2, 0) is 31.9 Å². The third-order valence-corrected chi connectivity index (χ3v) is 2.99. The molecule has 0 amide bonds. The molecule has 0 fully saturated rings. The number of aromatic nitrogens is 1. The monoisotopic (exact) mass is 299 g/mol. The summed E-state index contributed by atoms with van der Waals surface area (Å²) in [4.78, 5) is 0. The van der Waals surface area contributed by atoms with E-state index in [1.165, 1.54) is 5.56 Å². The molecule has 0 spiro atoms. The molecule has 21 heavy (non-hydrogen) atoms. The Kier molecular flexibility index (Phi) is 11.1. The minimum Gasteiger partial charge on any atom is -0.379 e. The van der Waals surface area contributed by atoms with Crippen molar-refractivity contribution < 1.29 is 18.9 Å². The third kappa shape index (κ3) is 9.63. The molecule has 0 N–H and O–H groups in total. The number of ether oxygens (including phenoxy) is 4. The molecule has 0 radical (unpaired) electrons. The molecule has 1 aromatic rings. The van der Waals surface area contributed by atoms with Crippen LogP contribution < -0.4 is 0 Å². The van der Waals surface area contributed by atoms with Crippen LogP contribution in [0.2, 0.25) is 0 Å². The fourth-order valence-electron chi connectivity index (χ4n) is 1.87. The summed E-state index contributed by atoms with van der Waals surface area (Å²) in [7, 11) is 0. The van der Waals surface area contributed by atoms with Gasteiger partial charge in [-0.1, -0.05) is 0 Å². The predicted octanol–water partition coefficient (Wildman–Crippen LogP) is 2.14. The van der Waals surface area contributed by atoms with Crippen LogP contribution in [0.3, 0.4) is 0 Å². The number of hydrogen-bond acceptors (Lipinski definition) is 4. The molecule has 0 aliphatic carbocycles. The summed E-state index contributed by atoms with van der Waals surface area (Å²) >= 11 is 0. The van der Waals surface area contributed by atoms with Crippen LogP contribution in [0.1, 0.15) is 19.4 Å². The summed E-state index contributed by atoms with van der Waals surface area (Å²) in [5.74, 6) is 0. The van der Waals surface area contributed by atoms with Gasteiger partial charge in [-0.3, -0.25) is 0 Å². The van der Waals surface area contributed by atoms with Gasteiger partial charge in [0.1, 0.15) is 0 Å². The van der Waals surface area contributed by atoms with Crippen molar-refractivity contribution in [3.63, 3.8) is 0 Å². The lowest BCUT2D eigenvalue weighted by Crippen LogP contribution is -2.09. The second-order valence-electron chi connectivity index (χ2n) is 4.63. The zero-order valence-electron chi connectivity index (χ0n) is 13.4. The highest BCUT2D eigenvalue weighted by Gasteiger charge is 1.98. The number of rotatable bonds is 14. The SMILES string of the molecule is CCOCCOCCc1ccn(CCOCCOCC)c1. The first-order valence-electron chi connectivity index (χ1n) is 7.82. The summed E-state index contributed by atoms with van der Waals surface area (Å²) in [5.41, 5.74) is 1.29. The molecular formula is C16H29NO4. The average molecular weight is 299 g/mol. The zero-order chi connectivity index (χ0) is 15.2. The summed E-state index contributed by atoms with van der Waals surface area (Å²) < 4.78 is 23.6. The molecule has 0 saturated carbocycles. The molecule has 0 aliphatic rings. The highest BCUT2D eigenvalue weighted by molar-refractivity contribution is 5.10. The Bertz CT molecular complexity index is 310. The third-order valence-electron chi connectivity index (χ3n) is 2.99. The molecule has 0 saturated heterocycles. The van der Waals surface area contributed by atoms with Crippen LogP contribution >= 0.6 is 0 Å². The molecule has 1 aromatic heterocycles. The second-order valence-corrected chi connectivity index (χ2v) is 4.63. The fraction of sp³-hybridized carbons (Fsp3) is 0.750. The Balaban J connectivity index is 2.01. The van der Waals surface area contributed by atoms with E-state index in [2.05, 4.69) is 23.0 Å². The first kappa shape index (κ1) is 18.2. The van der Waals surface area contributed by atoms with E-state index in [0.717, 1.165) is 32.8 Å². The molecule has 5 nitrogen and oxygen atoms in total. The predicted molar refractivity (Wildman–Crippen MR) is 82.8 cm³/mol. The van der Waals surface area contributed by atoms with Crippen molar-refractivity contribution in [3.05, 3.63) is 24.0 Å². The van der Waals surface area contributed by atoms with Gasteiger partial charge in [-0.05, 0) is 31.9 Å². The summed E-state index contributed by atoms with van der Waals surface area (Å²) in [6.45, 7) is 10.5. The summed E-state index contributed by atoms with van der Waals surface area (Å²) in [5, 5.41) is 0. The Morgan fingerprint density at radius 1 is 0.810 bits per heavy atom. The van der Waals surface area contributed by atoms with Gasteiger partial charge in [-0.15, -0.1) is 0 Å². The van der Waals surface area contributed by atoms with Crippen molar-refractivity contribution >= 4 is 0 Å². The van der Waals surface area contributed by atoms with Gasteiger partial charge in [0.25, 0.3) is 0 Å². The minimum absolute atomic E-state index is 0.662.